The minimum atomic E-state index is -0.324. The van der Waals surface area contributed by atoms with E-state index in [0.717, 1.165) is 0 Å². The van der Waals surface area contributed by atoms with Crippen molar-refractivity contribution in [2.75, 3.05) is 19.6 Å². The second-order valence-electron chi connectivity index (χ2n) is 6.08. The van der Waals surface area contributed by atoms with Gasteiger partial charge in [-0.15, -0.1) is 0 Å². The Labute approximate surface area is 135 Å². The fourth-order valence-corrected chi connectivity index (χ4v) is 3.31. The van der Waals surface area contributed by atoms with E-state index in [1.807, 2.05) is 23.1 Å². The molecule has 0 unspecified atom stereocenters. The van der Waals surface area contributed by atoms with Crippen LogP contribution < -0.4 is 5.73 Å². The lowest BCUT2D eigenvalue weighted by molar-refractivity contribution is -0.129. The third kappa shape index (κ3) is 3.42. The summed E-state index contributed by atoms with van der Waals surface area (Å²) in [4.78, 5) is 14.3. The van der Waals surface area contributed by atoms with E-state index < -0.39 is 0 Å². The maximum absolute atomic E-state index is 13.7. The number of benzene rings is 2. The van der Waals surface area contributed by atoms with Gasteiger partial charge in [0, 0.05) is 19.0 Å². The van der Waals surface area contributed by atoms with Crippen molar-refractivity contribution in [2.24, 2.45) is 11.7 Å². The minimum absolute atomic E-state index is 0.0352. The molecule has 3 nitrogen and oxygen atoms in total. The van der Waals surface area contributed by atoms with E-state index in [1.54, 1.807) is 18.2 Å². The summed E-state index contributed by atoms with van der Waals surface area (Å²) in [6.45, 7) is 1.84. The van der Waals surface area contributed by atoms with Crippen LogP contribution in [0, 0.1) is 11.7 Å². The van der Waals surface area contributed by atoms with E-state index in [0.29, 0.717) is 25.2 Å². The van der Waals surface area contributed by atoms with Crippen LogP contribution in [0.4, 0.5) is 4.39 Å². The average Bonchev–Trinajstić information content (AvgIpc) is 3.02. The quantitative estimate of drug-likeness (QED) is 0.943. The van der Waals surface area contributed by atoms with E-state index in [-0.39, 0.29) is 30.0 Å². The van der Waals surface area contributed by atoms with Crippen molar-refractivity contribution in [3.8, 4) is 0 Å². The van der Waals surface area contributed by atoms with Gasteiger partial charge in [0.05, 0.1) is 6.42 Å². The Bertz CT molecular complexity index is 674. The number of carbonyl (C=O) groups is 1. The summed E-state index contributed by atoms with van der Waals surface area (Å²) in [6.07, 6.45) is 0.103. The number of nitrogens with two attached hydrogens (primary N) is 1. The van der Waals surface area contributed by atoms with E-state index in [4.69, 9.17) is 5.73 Å². The molecule has 0 radical (unpaired) electrons. The van der Waals surface area contributed by atoms with Gasteiger partial charge < -0.3 is 10.6 Å². The van der Waals surface area contributed by atoms with E-state index in [9.17, 15) is 9.18 Å². The van der Waals surface area contributed by atoms with Gasteiger partial charge in [-0.1, -0.05) is 48.5 Å². The van der Waals surface area contributed by atoms with E-state index >= 15 is 0 Å². The molecule has 2 aromatic carbocycles. The molecule has 1 fully saturated rings. The first-order valence-electron chi connectivity index (χ1n) is 7.95. The maximum atomic E-state index is 13.7. The first-order valence-corrected chi connectivity index (χ1v) is 7.95. The lowest BCUT2D eigenvalue weighted by Gasteiger charge is -2.17. The van der Waals surface area contributed by atoms with Gasteiger partial charge in [-0.2, -0.15) is 0 Å². The minimum Gasteiger partial charge on any atom is -0.341 e. The molecule has 2 aromatic rings. The SMILES string of the molecule is NC[C@@H]1CN(C(=O)Cc2ccccc2F)C[C@H]1c1ccccc1. The van der Waals surface area contributed by atoms with Crippen molar-refractivity contribution >= 4 is 5.91 Å². The highest BCUT2D eigenvalue weighted by Crippen LogP contribution is 2.32. The fraction of sp³-hybridized carbons (Fsp3) is 0.316. The summed E-state index contributed by atoms with van der Waals surface area (Å²) < 4.78 is 13.7. The zero-order valence-corrected chi connectivity index (χ0v) is 13.0. The highest BCUT2D eigenvalue weighted by atomic mass is 19.1. The Morgan fingerprint density at radius 3 is 2.48 bits per heavy atom. The van der Waals surface area contributed by atoms with Crippen molar-refractivity contribution < 1.29 is 9.18 Å². The number of halogens is 1. The van der Waals surface area contributed by atoms with Crippen LogP contribution in [0.1, 0.15) is 17.0 Å². The molecular formula is C19H21FN2O. The Morgan fingerprint density at radius 1 is 1.09 bits per heavy atom. The molecule has 0 spiro atoms. The van der Waals surface area contributed by atoms with Gasteiger partial charge in [-0.25, -0.2) is 4.39 Å². The molecule has 4 heteroatoms. The Morgan fingerprint density at radius 2 is 1.78 bits per heavy atom. The van der Waals surface area contributed by atoms with Gasteiger partial charge in [-0.05, 0) is 29.7 Å². The second-order valence-corrected chi connectivity index (χ2v) is 6.08. The van der Waals surface area contributed by atoms with Gasteiger partial charge in [0.15, 0.2) is 0 Å². The Hall–Kier alpha value is -2.20. The van der Waals surface area contributed by atoms with Crippen molar-refractivity contribution in [2.45, 2.75) is 12.3 Å². The smallest absolute Gasteiger partial charge is 0.227 e. The molecule has 0 bridgehead atoms. The van der Waals surface area contributed by atoms with Crippen molar-refractivity contribution in [3.63, 3.8) is 0 Å². The Balaban J connectivity index is 1.72. The lowest BCUT2D eigenvalue weighted by Crippen LogP contribution is -2.31. The van der Waals surface area contributed by atoms with Crippen LogP contribution in [0.15, 0.2) is 54.6 Å². The molecule has 2 atom stereocenters. The van der Waals surface area contributed by atoms with Gasteiger partial charge in [0.1, 0.15) is 5.82 Å². The molecule has 23 heavy (non-hydrogen) atoms. The number of amides is 1. The molecular weight excluding hydrogens is 291 g/mol. The summed E-state index contributed by atoms with van der Waals surface area (Å²) >= 11 is 0. The molecule has 1 aliphatic rings. The van der Waals surface area contributed by atoms with Crippen LogP contribution in [0.2, 0.25) is 0 Å². The molecule has 0 saturated carbocycles. The zero-order chi connectivity index (χ0) is 16.2. The third-order valence-corrected chi connectivity index (χ3v) is 4.62. The van der Waals surface area contributed by atoms with E-state index in [2.05, 4.69) is 12.1 Å². The first kappa shape index (κ1) is 15.7. The average molecular weight is 312 g/mol. The molecule has 0 aliphatic carbocycles. The van der Waals surface area contributed by atoms with E-state index in [1.165, 1.54) is 11.6 Å². The largest absolute Gasteiger partial charge is 0.341 e. The number of carbonyl (C=O) groups excluding carboxylic acids is 1. The number of rotatable bonds is 4. The van der Waals surface area contributed by atoms with Gasteiger partial charge >= 0.3 is 0 Å². The van der Waals surface area contributed by atoms with Gasteiger partial charge in [-0.3, -0.25) is 4.79 Å². The van der Waals surface area contributed by atoms with Gasteiger partial charge in [0.25, 0.3) is 0 Å². The maximum Gasteiger partial charge on any atom is 0.227 e. The lowest BCUT2D eigenvalue weighted by atomic mass is 9.89. The van der Waals surface area contributed by atoms with Crippen molar-refractivity contribution in [1.29, 1.82) is 0 Å². The van der Waals surface area contributed by atoms with Crippen LogP contribution in [0.5, 0.6) is 0 Å². The Kier molecular flexibility index (Phi) is 4.72. The fourth-order valence-electron chi connectivity index (χ4n) is 3.31. The summed E-state index contributed by atoms with van der Waals surface area (Å²) in [6, 6.07) is 16.6. The first-order chi connectivity index (χ1) is 11.2. The normalized spacial score (nSPS) is 20.7. The van der Waals surface area contributed by atoms with Crippen LogP contribution in [0.3, 0.4) is 0 Å². The number of likely N-dealkylation sites (tertiary alicyclic amines) is 1. The van der Waals surface area contributed by atoms with Crippen molar-refractivity contribution in [3.05, 3.63) is 71.5 Å². The molecule has 2 N–H and O–H groups in total. The zero-order valence-electron chi connectivity index (χ0n) is 13.0. The number of hydrogen-bond donors (Lipinski definition) is 1. The molecule has 0 aromatic heterocycles. The second kappa shape index (κ2) is 6.92. The molecule has 1 saturated heterocycles. The standard InChI is InChI=1S/C19H21FN2O/c20-18-9-5-4-8-15(18)10-19(23)22-12-16(11-21)17(13-22)14-6-2-1-3-7-14/h1-9,16-17H,10-13,21H2/t16-,17+/m1/s1. The third-order valence-electron chi connectivity index (χ3n) is 4.62. The van der Waals surface area contributed by atoms with Gasteiger partial charge in [0.2, 0.25) is 5.91 Å². The highest BCUT2D eigenvalue weighted by Gasteiger charge is 2.35. The summed E-state index contributed by atoms with van der Waals surface area (Å²) in [7, 11) is 0. The van der Waals surface area contributed by atoms with Crippen molar-refractivity contribution in [1.82, 2.24) is 4.90 Å². The monoisotopic (exact) mass is 312 g/mol. The molecule has 1 amide bonds. The predicted molar refractivity (Wildman–Crippen MR) is 88.4 cm³/mol. The number of nitrogens with zero attached hydrogens (tertiary/aromatic N) is 1. The molecule has 1 aliphatic heterocycles. The summed E-state index contributed by atoms with van der Waals surface area (Å²) in [5.74, 6) is 0.148. The molecule has 3 rings (SSSR count). The van der Waals surface area contributed by atoms with Crippen LogP contribution >= 0.6 is 0 Å². The number of hydrogen-bond acceptors (Lipinski definition) is 2. The molecule has 120 valence electrons. The van der Waals surface area contributed by atoms with Crippen LogP contribution in [0.25, 0.3) is 0 Å². The summed E-state index contributed by atoms with van der Waals surface area (Å²) in [5, 5.41) is 0. The highest BCUT2D eigenvalue weighted by molar-refractivity contribution is 5.79. The van der Waals surface area contributed by atoms with Crippen LogP contribution in [-0.2, 0) is 11.2 Å². The topological polar surface area (TPSA) is 46.3 Å². The predicted octanol–water partition coefficient (Wildman–Crippen LogP) is 2.57. The van der Waals surface area contributed by atoms with Crippen LogP contribution in [-0.4, -0.2) is 30.4 Å². The summed E-state index contributed by atoms with van der Waals surface area (Å²) in [5.41, 5.74) is 7.56. The molecule has 1 heterocycles.